The molecule has 2 N–H and O–H groups in total. The lowest BCUT2D eigenvalue weighted by Crippen LogP contribution is -2.72. The second-order valence-electron chi connectivity index (χ2n) is 7.19. The molecule has 0 bridgehead atoms. The van der Waals surface area contributed by atoms with Crippen molar-refractivity contribution in [2.24, 2.45) is 10.4 Å². The lowest BCUT2D eigenvalue weighted by Gasteiger charge is -2.62. The standard InChI is InChI=1S/C16H25F3N6.HI/c1-14(2)10-25(15(14,3)4)13(20-5)23-9-8-22-12-21-7-6-11(24-12)16(17,18)19;/h6-7H,8-10H2,1-5H3,(H,20,23)(H,21,22,24);1H. The van der Waals surface area contributed by atoms with Crippen LogP contribution in [0.2, 0.25) is 0 Å². The summed E-state index contributed by atoms with van der Waals surface area (Å²) in [6.07, 6.45) is -3.38. The fraction of sp³-hybridized carbons (Fsp3) is 0.688. The summed E-state index contributed by atoms with van der Waals surface area (Å²) in [5.41, 5.74) is -0.792. The van der Waals surface area contributed by atoms with Gasteiger partial charge in [0.25, 0.3) is 0 Å². The van der Waals surface area contributed by atoms with Crippen LogP contribution >= 0.6 is 24.0 Å². The predicted octanol–water partition coefficient (Wildman–Crippen LogP) is 3.22. The number of hydrogen-bond acceptors (Lipinski definition) is 4. The summed E-state index contributed by atoms with van der Waals surface area (Å²) in [4.78, 5) is 13.7. The van der Waals surface area contributed by atoms with E-state index in [0.717, 1.165) is 24.8 Å². The summed E-state index contributed by atoms with van der Waals surface area (Å²) >= 11 is 0. The molecule has 1 aromatic rings. The number of aromatic nitrogens is 2. The third-order valence-electron chi connectivity index (χ3n) is 4.99. The van der Waals surface area contributed by atoms with Gasteiger partial charge < -0.3 is 15.5 Å². The van der Waals surface area contributed by atoms with Crippen molar-refractivity contribution < 1.29 is 13.2 Å². The molecule has 10 heteroatoms. The minimum atomic E-state index is -4.48. The molecule has 0 amide bonds. The average molecular weight is 486 g/mol. The minimum Gasteiger partial charge on any atom is -0.354 e. The van der Waals surface area contributed by atoms with E-state index in [0.29, 0.717) is 13.1 Å². The topological polar surface area (TPSA) is 65.4 Å². The molecule has 1 aliphatic rings. The molecule has 1 aliphatic heterocycles. The Balaban J connectivity index is 0.00000338. The van der Waals surface area contributed by atoms with Gasteiger partial charge in [-0.25, -0.2) is 9.97 Å². The maximum Gasteiger partial charge on any atom is 0.433 e. The van der Waals surface area contributed by atoms with Crippen LogP contribution in [-0.4, -0.2) is 53.0 Å². The van der Waals surface area contributed by atoms with Gasteiger partial charge in [-0.2, -0.15) is 13.2 Å². The number of halogens is 4. The number of nitrogens with zero attached hydrogens (tertiary/aromatic N) is 4. The first-order chi connectivity index (χ1) is 11.5. The third-order valence-corrected chi connectivity index (χ3v) is 4.99. The van der Waals surface area contributed by atoms with Crippen molar-refractivity contribution in [3.8, 4) is 0 Å². The van der Waals surface area contributed by atoms with E-state index >= 15 is 0 Å². The van der Waals surface area contributed by atoms with E-state index in [-0.39, 0.29) is 40.9 Å². The maximum absolute atomic E-state index is 12.6. The van der Waals surface area contributed by atoms with Crippen molar-refractivity contribution in [1.82, 2.24) is 20.2 Å². The van der Waals surface area contributed by atoms with Crippen molar-refractivity contribution in [3.63, 3.8) is 0 Å². The monoisotopic (exact) mass is 486 g/mol. The quantitative estimate of drug-likeness (QED) is 0.296. The SMILES string of the molecule is CN=C(NCCNc1nccc(C(F)(F)F)n1)N1CC(C)(C)C1(C)C.I. The summed E-state index contributed by atoms with van der Waals surface area (Å²) in [5, 5.41) is 6.01. The molecule has 2 rings (SSSR count). The summed E-state index contributed by atoms with van der Waals surface area (Å²) in [5.74, 6) is 0.730. The highest BCUT2D eigenvalue weighted by atomic mass is 127. The second-order valence-corrected chi connectivity index (χ2v) is 7.19. The molecule has 0 spiro atoms. The van der Waals surface area contributed by atoms with Crippen LogP contribution in [0.15, 0.2) is 17.3 Å². The smallest absolute Gasteiger partial charge is 0.354 e. The van der Waals surface area contributed by atoms with E-state index < -0.39 is 11.9 Å². The van der Waals surface area contributed by atoms with Gasteiger partial charge in [0.1, 0.15) is 5.69 Å². The Morgan fingerprint density at radius 1 is 1.27 bits per heavy atom. The Labute approximate surface area is 169 Å². The number of nitrogens with one attached hydrogen (secondary N) is 2. The Hall–Kier alpha value is -1.33. The van der Waals surface area contributed by atoms with Gasteiger partial charge in [0, 0.05) is 43.8 Å². The van der Waals surface area contributed by atoms with Crippen molar-refractivity contribution in [2.75, 3.05) is 32.0 Å². The molecule has 148 valence electrons. The predicted molar refractivity (Wildman–Crippen MR) is 107 cm³/mol. The van der Waals surface area contributed by atoms with Crippen LogP contribution in [-0.2, 0) is 6.18 Å². The number of alkyl halides is 3. The first kappa shape index (κ1) is 22.7. The zero-order chi connectivity index (χ0) is 18.9. The van der Waals surface area contributed by atoms with Gasteiger partial charge in [-0.3, -0.25) is 4.99 Å². The van der Waals surface area contributed by atoms with Crippen LogP contribution in [0.5, 0.6) is 0 Å². The largest absolute Gasteiger partial charge is 0.433 e. The molecular weight excluding hydrogens is 460 g/mol. The molecular formula is C16H26F3IN6. The van der Waals surface area contributed by atoms with Crippen LogP contribution in [0.4, 0.5) is 19.1 Å². The fourth-order valence-electron chi connectivity index (χ4n) is 2.65. The van der Waals surface area contributed by atoms with Crippen molar-refractivity contribution in [1.29, 1.82) is 0 Å². The summed E-state index contributed by atoms with van der Waals surface area (Å²) in [7, 11) is 1.72. The van der Waals surface area contributed by atoms with E-state index in [1.54, 1.807) is 7.05 Å². The molecule has 0 aromatic carbocycles. The zero-order valence-corrected chi connectivity index (χ0v) is 17.9. The fourth-order valence-corrected chi connectivity index (χ4v) is 2.65. The lowest BCUT2D eigenvalue weighted by atomic mass is 9.65. The molecule has 26 heavy (non-hydrogen) atoms. The molecule has 1 fully saturated rings. The van der Waals surface area contributed by atoms with Gasteiger partial charge in [0.05, 0.1) is 0 Å². The van der Waals surface area contributed by atoms with Crippen molar-refractivity contribution in [2.45, 2.75) is 39.4 Å². The van der Waals surface area contributed by atoms with Crippen LogP contribution in [0.3, 0.4) is 0 Å². The van der Waals surface area contributed by atoms with E-state index in [4.69, 9.17) is 0 Å². The van der Waals surface area contributed by atoms with Crippen LogP contribution in [0.1, 0.15) is 33.4 Å². The Morgan fingerprint density at radius 2 is 1.92 bits per heavy atom. The highest BCUT2D eigenvalue weighted by Gasteiger charge is 2.53. The van der Waals surface area contributed by atoms with E-state index in [1.807, 2.05) is 0 Å². The summed E-state index contributed by atoms with van der Waals surface area (Å²) < 4.78 is 37.9. The van der Waals surface area contributed by atoms with Crippen LogP contribution in [0.25, 0.3) is 0 Å². The molecule has 6 nitrogen and oxygen atoms in total. The normalized spacial score (nSPS) is 18.6. The average Bonchev–Trinajstić information content (AvgIpc) is 2.53. The van der Waals surface area contributed by atoms with Gasteiger partial charge in [-0.05, 0) is 19.9 Å². The van der Waals surface area contributed by atoms with Gasteiger partial charge in [0.15, 0.2) is 5.96 Å². The van der Waals surface area contributed by atoms with Crippen molar-refractivity contribution in [3.05, 3.63) is 18.0 Å². The number of aliphatic imine (C=N–C) groups is 1. The first-order valence-corrected chi connectivity index (χ1v) is 8.11. The van der Waals surface area contributed by atoms with E-state index in [1.165, 1.54) is 0 Å². The van der Waals surface area contributed by atoms with E-state index in [2.05, 4.69) is 58.2 Å². The second kappa shape index (κ2) is 8.13. The Kier molecular flexibility index (Phi) is 7.11. The molecule has 0 unspecified atom stereocenters. The molecule has 1 aromatic heterocycles. The van der Waals surface area contributed by atoms with Crippen LogP contribution < -0.4 is 10.6 Å². The van der Waals surface area contributed by atoms with E-state index in [9.17, 15) is 13.2 Å². The Morgan fingerprint density at radius 3 is 2.42 bits per heavy atom. The summed E-state index contributed by atoms with van der Waals surface area (Å²) in [6, 6.07) is 0.846. The Bertz CT molecular complexity index is 645. The number of anilines is 1. The molecule has 0 radical (unpaired) electrons. The van der Waals surface area contributed by atoms with Gasteiger partial charge >= 0.3 is 6.18 Å². The zero-order valence-electron chi connectivity index (χ0n) is 15.6. The molecule has 0 atom stereocenters. The number of hydrogen-bond donors (Lipinski definition) is 2. The maximum atomic E-state index is 12.6. The highest BCUT2D eigenvalue weighted by molar-refractivity contribution is 14.0. The molecule has 2 heterocycles. The molecule has 1 saturated heterocycles. The van der Waals surface area contributed by atoms with Gasteiger partial charge in [-0.15, -0.1) is 24.0 Å². The lowest BCUT2D eigenvalue weighted by molar-refractivity contribution is -0.141. The van der Waals surface area contributed by atoms with Gasteiger partial charge in [0.2, 0.25) is 5.95 Å². The minimum absolute atomic E-state index is 0. The first-order valence-electron chi connectivity index (χ1n) is 8.11. The number of rotatable bonds is 4. The highest BCUT2D eigenvalue weighted by Crippen LogP contribution is 2.46. The number of guanidine groups is 1. The molecule has 0 aliphatic carbocycles. The number of likely N-dealkylation sites (tertiary alicyclic amines) is 1. The third kappa shape index (κ3) is 4.68. The molecule has 0 saturated carbocycles. The van der Waals surface area contributed by atoms with Crippen molar-refractivity contribution >= 4 is 35.9 Å². The summed E-state index contributed by atoms with van der Waals surface area (Å²) in [6.45, 7) is 10.5. The van der Waals surface area contributed by atoms with Gasteiger partial charge in [-0.1, -0.05) is 13.8 Å². The van der Waals surface area contributed by atoms with Crippen LogP contribution in [0, 0.1) is 5.41 Å².